The van der Waals surface area contributed by atoms with Crippen LogP contribution in [0.2, 0.25) is 0 Å². The number of rotatable bonds is 5. The Hall–Kier alpha value is -1.14. The molecule has 104 valence electrons. The van der Waals surface area contributed by atoms with Crippen LogP contribution in [0.25, 0.3) is 0 Å². The third-order valence-corrected chi connectivity index (χ3v) is 3.20. The van der Waals surface area contributed by atoms with Gasteiger partial charge in [-0.2, -0.15) is 0 Å². The number of primary amides is 1. The maximum atomic E-state index is 12.1. The number of nitrogens with zero attached hydrogens (tertiary/aromatic N) is 2. The summed E-state index contributed by atoms with van der Waals surface area (Å²) in [5.74, 6) is -0.296. The quantitative estimate of drug-likeness (QED) is 0.669. The second kappa shape index (κ2) is 7.33. The van der Waals surface area contributed by atoms with Gasteiger partial charge in [0.15, 0.2) is 0 Å². The van der Waals surface area contributed by atoms with Gasteiger partial charge in [0.25, 0.3) is 0 Å². The summed E-state index contributed by atoms with van der Waals surface area (Å²) < 4.78 is 0. The first kappa shape index (κ1) is 14.9. The molecule has 6 nitrogen and oxygen atoms in total. The highest BCUT2D eigenvalue weighted by Gasteiger charge is 2.23. The highest BCUT2D eigenvalue weighted by atomic mass is 16.2. The van der Waals surface area contributed by atoms with Crippen molar-refractivity contribution in [2.45, 2.75) is 32.2 Å². The largest absolute Gasteiger partial charge is 0.369 e. The molecule has 0 aliphatic carbocycles. The van der Waals surface area contributed by atoms with Crippen molar-refractivity contribution in [2.75, 3.05) is 32.7 Å². The van der Waals surface area contributed by atoms with Crippen LogP contribution in [-0.4, -0.2) is 60.4 Å². The van der Waals surface area contributed by atoms with E-state index in [1.807, 2.05) is 11.8 Å². The normalized spacial score (nSPS) is 19.3. The fourth-order valence-corrected chi connectivity index (χ4v) is 2.24. The highest BCUT2D eigenvalue weighted by molar-refractivity contribution is 5.81. The molecule has 2 amide bonds. The summed E-state index contributed by atoms with van der Waals surface area (Å²) in [6.45, 7) is 5.12. The molecule has 0 bridgehead atoms. The van der Waals surface area contributed by atoms with E-state index in [1.165, 1.54) is 0 Å². The zero-order chi connectivity index (χ0) is 13.5. The van der Waals surface area contributed by atoms with Gasteiger partial charge < -0.3 is 16.4 Å². The fourth-order valence-electron chi connectivity index (χ4n) is 2.24. The summed E-state index contributed by atoms with van der Waals surface area (Å²) in [5, 5.41) is 0. The van der Waals surface area contributed by atoms with Crippen LogP contribution in [0.3, 0.4) is 0 Å². The summed E-state index contributed by atoms with van der Waals surface area (Å²) in [5.41, 5.74) is 11.0. The topological polar surface area (TPSA) is 92.7 Å². The molecule has 0 aromatic carbocycles. The van der Waals surface area contributed by atoms with Crippen molar-refractivity contribution >= 4 is 11.8 Å². The molecule has 6 heteroatoms. The number of amides is 2. The SMILES string of the molecule is CCC[C@@H](N)C(=O)N1CCCN(CC(N)=O)CC1. The Morgan fingerprint density at radius 1 is 1.22 bits per heavy atom. The summed E-state index contributed by atoms with van der Waals surface area (Å²) in [4.78, 5) is 26.7. The van der Waals surface area contributed by atoms with E-state index in [2.05, 4.69) is 0 Å². The van der Waals surface area contributed by atoms with Crippen molar-refractivity contribution in [3.05, 3.63) is 0 Å². The predicted molar refractivity (Wildman–Crippen MR) is 69.7 cm³/mol. The van der Waals surface area contributed by atoms with Gasteiger partial charge in [-0.05, 0) is 12.8 Å². The average molecular weight is 256 g/mol. The molecule has 1 aliphatic heterocycles. The summed E-state index contributed by atoms with van der Waals surface area (Å²) in [6, 6.07) is -0.391. The number of nitrogens with two attached hydrogens (primary N) is 2. The van der Waals surface area contributed by atoms with Crippen molar-refractivity contribution in [3.63, 3.8) is 0 Å². The maximum absolute atomic E-state index is 12.1. The van der Waals surface area contributed by atoms with Crippen molar-refractivity contribution in [1.29, 1.82) is 0 Å². The summed E-state index contributed by atoms with van der Waals surface area (Å²) in [6.07, 6.45) is 2.49. The molecule has 1 aliphatic rings. The lowest BCUT2D eigenvalue weighted by molar-refractivity contribution is -0.132. The summed E-state index contributed by atoms with van der Waals surface area (Å²) in [7, 11) is 0. The maximum Gasteiger partial charge on any atom is 0.239 e. The van der Waals surface area contributed by atoms with Crippen LogP contribution in [0, 0.1) is 0 Å². The minimum absolute atomic E-state index is 0.0257. The Morgan fingerprint density at radius 2 is 1.94 bits per heavy atom. The molecular weight excluding hydrogens is 232 g/mol. The van der Waals surface area contributed by atoms with Gasteiger partial charge in [-0.3, -0.25) is 14.5 Å². The van der Waals surface area contributed by atoms with Gasteiger partial charge in [-0.25, -0.2) is 0 Å². The summed E-state index contributed by atoms with van der Waals surface area (Å²) >= 11 is 0. The van der Waals surface area contributed by atoms with E-state index in [0.717, 1.165) is 25.8 Å². The fraction of sp³-hybridized carbons (Fsp3) is 0.833. The van der Waals surface area contributed by atoms with E-state index in [4.69, 9.17) is 11.5 Å². The van der Waals surface area contributed by atoms with Crippen LogP contribution < -0.4 is 11.5 Å². The molecule has 1 heterocycles. The Labute approximate surface area is 108 Å². The third kappa shape index (κ3) is 4.62. The minimum atomic E-state index is -0.391. The van der Waals surface area contributed by atoms with Crippen molar-refractivity contribution in [3.8, 4) is 0 Å². The molecular formula is C12H24N4O2. The van der Waals surface area contributed by atoms with Gasteiger partial charge in [-0.1, -0.05) is 13.3 Å². The van der Waals surface area contributed by atoms with Gasteiger partial charge in [0.05, 0.1) is 12.6 Å². The Kier molecular flexibility index (Phi) is 6.07. The lowest BCUT2D eigenvalue weighted by Gasteiger charge is -2.24. The van der Waals surface area contributed by atoms with Gasteiger partial charge >= 0.3 is 0 Å². The standard InChI is InChI=1S/C12H24N4O2/c1-2-4-10(13)12(18)16-6-3-5-15(7-8-16)9-11(14)17/h10H,2-9,13H2,1H3,(H2,14,17)/t10-/m1/s1. The Bertz CT molecular complexity index is 296. The van der Waals surface area contributed by atoms with Crippen LogP contribution >= 0.6 is 0 Å². The molecule has 18 heavy (non-hydrogen) atoms. The molecule has 1 rings (SSSR count). The van der Waals surface area contributed by atoms with Gasteiger partial charge in [0, 0.05) is 26.2 Å². The van der Waals surface area contributed by atoms with Crippen LogP contribution in [-0.2, 0) is 9.59 Å². The second-order valence-electron chi connectivity index (χ2n) is 4.82. The molecule has 0 spiro atoms. The number of carbonyl (C=O) groups excluding carboxylic acids is 2. The number of carbonyl (C=O) groups is 2. The number of hydrogen-bond acceptors (Lipinski definition) is 4. The molecule has 1 saturated heterocycles. The lowest BCUT2D eigenvalue weighted by atomic mass is 10.1. The Morgan fingerprint density at radius 3 is 2.56 bits per heavy atom. The minimum Gasteiger partial charge on any atom is -0.369 e. The van der Waals surface area contributed by atoms with Gasteiger partial charge in [-0.15, -0.1) is 0 Å². The van der Waals surface area contributed by atoms with Crippen molar-refractivity contribution in [2.24, 2.45) is 11.5 Å². The molecule has 0 aromatic heterocycles. The first-order valence-corrected chi connectivity index (χ1v) is 6.59. The zero-order valence-electron chi connectivity index (χ0n) is 11.1. The first-order valence-electron chi connectivity index (χ1n) is 6.59. The number of hydrogen-bond donors (Lipinski definition) is 2. The zero-order valence-corrected chi connectivity index (χ0v) is 11.1. The predicted octanol–water partition coefficient (Wildman–Crippen LogP) is -0.867. The molecule has 0 radical (unpaired) electrons. The molecule has 0 saturated carbocycles. The smallest absolute Gasteiger partial charge is 0.239 e. The van der Waals surface area contributed by atoms with Gasteiger partial charge in [0.2, 0.25) is 11.8 Å². The van der Waals surface area contributed by atoms with Crippen molar-refractivity contribution < 1.29 is 9.59 Å². The highest BCUT2D eigenvalue weighted by Crippen LogP contribution is 2.06. The molecule has 0 unspecified atom stereocenters. The van der Waals surface area contributed by atoms with E-state index < -0.39 is 6.04 Å². The van der Waals surface area contributed by atoms with Crippen LogP contribution in [0.15, 0.2) is 0 Å². The molecule has 1 atom stereocenters. The van der Waals surface area contributed by atoms with Crippen LogP contribution in [0.1, 0.15) is 26.2 Å². The van der Waals surface area contributed by atoms with E-state index >= 15 is 0 Å². The van der Waals surface area contributed by atoms with E-state index in [9.17, 15) is 9.59 Å². The average Bonchev–Trinajstić information content (AvgIpc) is 2.53. The molecule has 0 aromatic rings. The molecule has 4 N–H and O–H groups in total. The van der Waals surface area contributed by atoms with E-state index in [0.29, 0.717) is 19.6 Å². The first-order chi connectivity index (χ1) is 8.54. The third-order valence-electron chi connectivity index (χ3n) is 3.20. The van der Waals surface area contributed by atoms with Gasteiger partial charge in [0.1, 0.15) is 0 Å². The monoisotopic (exact) mass is 256 g/mol. The van der Waals surface area contributed by atoms with E-state index in [1.54, 1.807) is 4.90 Å². The second-order valence-corrected chi connectivity index (χ2v) is 4.82. The van der Waals surface area contributed by atoms with Crippen LogP contribution in [0.5, 0.6) is 0 Å². The molecule has 1 fully saturated rings. The van der Waals surface area contributed by atoms with Crippen molar-refractivity contribution in [1.82, 2.24) is 9.80 Å². The Balaban J connectivity index is 2.46. The lowest BCUT2D eigenvalue weighted by Crippen LogP contribution is -2.45. The van der Waals surface area contributed by atoms with E-state index in [-0.39, 0.29) is 18.4 Å². The van der Waals surface area contributed by atoms with Crippen LogP contribution in [0.4, 0.5) is 0 Å².